The third-order valence-corrected chi connectivity index (χ3v) is 5.54. The van der Waals surface area contributed by atoms with Crippen molar-refractivity contribution in [1.82, 2.24) is 10.6 Å². The van der Waals surface area contributed by atoms with Crippen molar-refractivity contribution in [1.29, 1.82) is 0 Å². The molecule has 116 valence electrons. The highest BCUT2D eigenvalue weighted by Gasteiger charge is 2.26. The molecule has 0 spiro atoms. The van der Waals surface area contributed by atoms with Crippen LogP contribution in [0.3, 0.4) is 0 Å². The first-order chi connectivity index (χ1) is 11.3. The van der Waals surface area contributed by atoms with Crippen LogP contribution < -0.4 is 10.6 Å². The first-order valence-electron chi connectivity index (χ1n) is 7.85. The van der Waals surface area contributed by atoms with Crippen LogP contribution in [-0.2, 0) is 24.3 Å². The van der Waals surface area contributed by atoms with Crippen LogP contribution in [0.25, 0.3) is 10.1 Å². The highest BCUT2D eigenvalue weighted by molar-refractivity contribution is 7.19. The van der Waals surface area contributed by atoms with E-state index in [0.29, 0.717) is 6.54 Å². The number of thiophene rings is 1. The predicted octanol–water partition coefficient (Wildman–Crippen LogP) is 3.23. The average Bonchev–Trinajstić information content (AvgIpc) is 2.98. The molecule has 0 saturated heterocycles. The van der Waals surface area contributed by atoms with Crippen LogP contribution in [0, 0.1) is 0 Å². The van der Waals surface area contributed by atoms with Crippen molar-refractivity contribution in [3.05, 3.63) is 70.6 Å². The molecule has 4 rings (SSSR count). The Balaban J connectivity index is 1.48. The molecule has 0 aliphatic carbocycles. The van der Waals surface area contributed by atoms with Crippen molar-refractivity contribution in [2.75, 3.05) is 0 Å². The Morgan fingerprint density at radius 1 is 1.13 bits per heavy atom. The van der Waals surface area contributed by atoms with Gasteiger partial charge in [-0.1, -0.05) is 48.5 Å². The second-order valence-electron chi connectivity index (χ2n) is 5.84. The second-order valence-corrected chi connectivity index (χ2v) is 6.98. The lowest BCUT2D eigenvalue weighted by atomic mass is 9.98. The van der Waals surface area contributed by atoms with Crippen LogP contribution in [0.15, 0.2) is 54.6 Å². The van der Waals surface area contributed by atoms with E-state index in [9.17, 15) is 4.79 Å². The second kappa shape index (κ2) is 6.14. The third-order valence-electron chi connectivity index (χ3n) is 4.33. The van der Waals surface area contributed by atoms with E-state index >= 15 is 0 Å². The van der Waals surface area contributed by atoms with Gasteiger partial charge in [-0.25, -0.2) is 0 Å². The number of carbonyl (C=O) groups excluding carboxylic acids is 1. The number of rotatable bonds is 3. The summed E-state index contributed by atoms with van der Waals surface area (Å²) >= 11 is 1.83. The van der Waals surface area contributed by atoms with E-state index in [1.54, 1.807) is 0 Å². The Bertz CT molecular complexity index is 841. The van der Waals surface area contributed by atoms with E-state index in [-0.39, 0.29) is 11.9 Å². The molecule has 0 fully saturated rings. The Labute approximate surface area is 139 Å². The van der Waals surface area contributed by atoms with Gasteiger partial charge in [-0.3, -0.25) is 4.79 Å². The normalized spacial score (nSPS) is 17.0. The number of nitrogens with one attached hydrogen (secondary N) is 2. The summed E-state index contributed by atoms with van der Waals surface area (Å²) in [5.41, 5.74) is 2.46. The quantitative estimate of drug-likeness (QED) is 0.777. The smallest absolute Gasteiger partial charge is 0.237 e. The molecule has 0 bridgehead atoms. The van der Waals surface area contributed by atoms with Gasteiger partial charge in [-0.2, -0.15) is 0 Å². The maximum atomic E-state index is 12.5. The van der Waals surface area contributed by atoms with Crippen molar-refractivity contribution in [3.8, 4) is 0 Å². The molecular weight excluding hydrogens is 304 g/mol. The van der Waals surface area contributed by atoms with E-state index in [4.69, 9.17) is 0 Å². The summed E-state index contributed by atoms with van der Waals surface area (Å²) in [5, 5.41) is 7.71. The molecule has 2 aromatic carbocycles. The summed E-state index contributed by atoms with van der Waals surface area (Å²) in [7, 11) is 0. The summed E-state index contributed by atoms with van der Waals surface area (Å²) in [6.45, 7) is 1.35. The van der Waals surface area contributed by atoms with Gasteiger partial charge in [-0.15, -0.1) is 11.3 Å². The van der Waals surface area contributed by atoms with Crippen molar-refractivity contribution in [2.24, 2.45) is 0 Å². The van der Waals surface area contributed by atoms with Gasteiger partial charge >= 0.3 is 0 Å². The van der Waals surface area contributed by atoms with Crippen molar-refractivity contribution in [3.63, 3.8) is 0 Å². The lowest BCUT2D eigenvalue weighted by Crippen LogP contribution is -2.47. The van der Waals surface area contributed by atoms with Crippen molar-refractivity contribution in [2.45, 2.75) is 25.6 Å². The maximum Gasteiger partial charge on any atom is 0.237 e. The minimum absolute atomic E-state index is 0.0785. The van der Waals surface area contributed by atoms with Crippen LogP contribution in [0.5, 0.6) is 0 Å². The summed E-state index contributed by atoms with van der Waals surface area (Å²) in [4.78, 5) is 13.8. The SMILES string of the molecule is O=C(NCc1ccccc1)[C@H]1Cc2c(sc3ccccc23)CN1. The topological polar surface area (TPSA) is 41.1 Å². The largest absolute Gasteiger partial charge is 0.351 e. The summed E-state index contributed by atoms with van der Waals surface area (Å²) in [5.74, 6) is 0.0785. The Morgan fingerprint density at radius 3 is 2.78 bits per heavy atom. The fraction of sp³-hybridized carbons (Fsp3) is 0.211. The van der Waals surface area contributed by atoms with E-state index in [1.165, 1.54) is 20.5 Å². The standard InChI is InChI=1S/C19H18N2OS/c22-19(21-11-13-6-2-1-3-7-13)16-10-15-14-8-4-5-9-17(14)23-18(15)12-20-16/h1-9,16,20H,10-12H2,(H,21,22)/t16-/m1/s1. The zero-order chi connectivity index (χ0) is 15.6. The molecule has 1 aliphatic heterocycles. The zero-order valence-electron chi connectivity index (χ0n) is 12.7. The molecule has 23 heavy (non-hydrogen) atoms. The minimum Gasteiger partial charge on any atom is -0.351 e. The molecule has 1 aliphatic rings. The van der Waals surface area contributed by atoms with Crippen LogP contribution in [0.2, 0.25) is 0 Å². The molecule has 2 N–H and O–H groups in total. The van der Waals surface area contributed by atoms with E-state index in [2.05, 4.69) is 34.9 Å². The minimum atomic E-state index is -0.149. The van der Waals surface area contributed by atoms with Gasteiger partial charge in [0, 0.05) is 22.7 Å². The number of carbonyl (C=O) groups is 1. The molecule has 0 unspecified atom stereocenters. The maximum absolute atomic E-state index is 12.5. The van der Waals surface area contributed by atoms with Gasteiger partial charge in [0.1, 0.15) is 0 Å². The molecule has 0 saturated carbocycles. The highest BCUT2D eigenvalue weighted by atomic mass is 32.1. The predicted molar refractivity (Wildman–Crippen MR) is 94.4 cm³/mol. The average molecular weight is 322 g/mol. The van der Waals surface area contributed by atoms with Crippen LogP contribution in [0.1, 0.15) is 16.0 Å². The van der Waals surface area contributed by atoms with Crippen molar-refractivity contribution < 1.29 is 4.79 Å². The van der Waals surface area contributed by atoms with Gasteiger partial charge < -0.3 is 10.6 Å². The Morgan fingerprint density at radius 2 is 1.91 bits per heavy atom. The molecule has 1 atom stereocenters. The lowest BCUT2D eigenvalue weighted by Gasteiger charge is -2.23. The van der Waals surface area contributed by atoms with Gasteiger partial charge in [0.15, 0.2) is 0 Å². The summed E-state index contributed by atoms with van der Waals surface area (Å²) in [6, 6.07) is 18.3. The Kier molecular flexibility index (Phi) is 3.85. The first kappa shape index (κ1) is 14.4. The first-order valence-corrected chi connectivity index (χ1v) is 8.67. The molecular formula is C19H18N2OS. The molecule has 1 amide bonds. The molecule has 2 heterocycles. The van der Waals surface area contributed by atoms with Crippen LogP contribution in [-0.4, -0.2) is 11.9 Å². The molecule has 0 radical (unpaired) electrons. The monoisotopic (exact) mass is 322 g/mol. The molecule has 3 nitrogen and oxygen atoms in total. The fourth-order valence-electron chi connectivity index (χ4n) is 3.10. The van der Waals surface area contributed by atoms with E-state index in [0.717, 1.165) is 18.5 Å². The van der Waals surface area contributed by atoms with E-state index in [1.807, 2.05) is 41.7 Å². The van der Waals surface area contributed by atoms with Crippen LogP contribution >= 0.6 is 11.3 Å². The summed E-state index contributed by atoms with van der Waals surface area (Å²) < 4.78 is 1.31. The number of fused-ring (bicyclic) bond motifs is 3. The molecule has 4 heteroatoms. The van der Waals surface area contributed by atoms with Gasteiger partial charge in [0.05, 0.1) is 6.04 Å². The van der Waals surface area contributed by atoms with Gasteiger partial charge in [-0.05, 0) is 29.0 Å². The number of amides is 1. The fourth-order valence-corrected chi connectivity index (χ4v) is 4.29. The zero-order valence-corrected chi connectivity index (χ0v) is 13.5. The summed E-state index contributed by atoms with van der Waals surface area (Å²) in [6.07, 6.45) is 0.764. The third kappa shape index (κ3) is 2.87. The highest BCUT2D eigenvalue weighted by Crippen LogP contribution is 2.34. The van der Waals surface area contributed by atoms with Gasteiger partial charge in [0.2, 0.25) is 5.91 Å². The Hall–Kier alpha value is -2.17. The van der Waals surface area contributed by atoms with E-state index < -0.39 is 0 Å². The van der Waals surface area contributed by atoms with Crippen LogP contribution in [0.4, 0.5) is 0 Å². The number of hydrogen-bond acceptors (Lipinski definition) is 3. The number of hydrogen-bond donors (Lipinski definition) is 2. The number of benzene rings is 2. The molecule has 3 aromatic rings. The lowest BCUT2D eigenvalue weighted by molar-refractivity contribution is -0.123. The molecule has 1 aromatic heterocycles. The van der Waals surface area contributed by atoms with Gasteiger partial charge in [0.25, 0.3) is 0 Å². The van der Waals surface area contributed by atoms with Crippen molar-refractivity contribution >= 4 is 27.3 Å².